The van der Waals surface area contributed by atoms with Crippen LogP contribution in [0.2, 0.25) is 0 Å². The number of nitrogens with one attached hydrogen (secondary N) is 1. The number of rotatable bonds is 3. The van der Waals surface area contributed by atoms with E-state index in [1.807, 2.05) is 30.3 Å². The molecule has 0 aliphatic heterocycles. The maximum Gasteiger partial charge on any atom is 0.120 e. The van der Waals surface area contributed by atoms with Gasteiger partial charge in [-0.25, -0.2) is 0 Å². The zero-order valence-corrected chi connectivity index (χ0v) is 10.2. The summed E-state index contributed by atoms with van der Waals surface area (Å²) < 4.78 is 6.52. The van der Waals surface area contributed by atoms with E-state index in [4.69, 9.17) is 17.0 Å². The van der Waals surface area contributed by atoms with Crippen molar-refractivity contribution in [2.24, 2.45) is 0 Å². The molecule has 1 aliphatic carbocycles. The number of ether oxygens (including phenoxy) is 1. The fourth-order valence-corrected chi connectivity index (χ4v) is 1.92. The normalized spacial score (nSPS) is 14.6. The van der Waals surface area contributed by atoms with E-state index >= 15 is 0 Å². The first-order valence-electron chi connectivity index (χ1n) is 5.78. The number of benzene rings is 1. The molecular weight excluding hydrogens is 230 g/mol. The third kappa shape index (κ3) is 2.56. The summed E-state index contributed by atoms with van der Waals surface area (Å²) in [4.78, 5) is 3.18. The first-order valence-corrected chi connectivity index (χ1v) is 6.18. The third-order valence-electron chi connectivity index (χ3n) is 2.74. The smallest absolute Gasteiger partial charge is 0.120 e. The van der Waals surface area contributed by atoms with Crippen molar-refractivity contribution in [1.29, 1.82) is 0 Å². The predicted molar refractivity (Wildman–Crippen MR) is 70.7 cm³/mol. The summed E-state index contributed by atoms with van der Waals surface area (Å²) in [6.07, 6.45) is 2.79. The van der Waals surface area contributed by atoms with Crippen LogP contribution >= 0.6 is 12.2 Å². The Morgan fingerprint density at radius 3 is 2.71 bits per heavy atom. The molecule has 0 spiro atoms. The molecule has 1 aliphatic rings. The van der Waals surface area contributed by atoms with Crippen LogP contribution in [0.1, 0.15) is 12.8 Å². The van der Waals surface area contributed by atoms with Gasteiger partial charge in [0.1, 0.15) is 10.4 Å². The molecule has 3 heteroatoms. The van der Waals surface area contributed by atoms with Crippen LogP contribution in [-0.4, -0.2) is 11.1 Å². The van der Waals surface area contributed by atoms with Gasteiger partial charge in [0.2, 0.25) is 0 Å². The molecule has 1 heterocycles. The minimum absolute atomic E-state index is 0.430. The van der Waals surface area contributed by atoms with Crippen LogP contribution in [0.25, 0.3) is 11.3 Å². The molecule has 0 bridgehead atoms. The molecule has 0 atom stereocenters. The summed E-state index contributed by atoms with van der Waals surface area (Å²) in [6, 6.07) is 14.0. The zero-order chi connectivity index (χ0) is 11.7. The number of hydrogen-bond donors (Lipinski definition) is 1. The molecular formula is C14H13NOS. The second kappa shape index (κ2) is 4.34. The van der Waals surface area contributed by atoms with Crippen molar-refractivity contribution < 1.29 is 4.74 Å². The number of pyridine rings is 1. The predicted octanol–water partition coefficient (Wildman–Crippen LogP) is 3.95. The second-order valence-corrected chi connectivity index (χ2v) is 4.71. The number of hydrogen-bond acceptors (Lipinski definition) is 2. The summed E-state index contributed by atoms with van der Waals surface area (Å²) in [5.41, 5.74) is 2.13. The Balaban J connectivity index is 1.93. The van der Waals surface area contributed by atoms with E-state index in [0.717, 1.165) is 21.6 Å². The Morgan fingerprint density at radius 2 is 1.94 bits per heavy atom. The van der Waals surface area contributed by atoms with Crippen LogP contribution in [-0.2, 0) is 0 Å². The molecule has 2 nitrogen and oxygen atoms in total. The van der Waals surface area contributed by atoms with Gasteiger partial charge in [-0.3, -0.25) is 0 Å². The van der Waals surface area contributed by atoms with Crippen molar-refractivity contribution in [3.05, 3.63) is 47.1 Å². The number of H-pyrrole nitrogens is 1. The minimum Gasteiger partial charge on any atom is -0.490 e. The van der Waals surface area contributed by atoms with E-state index in [1.165, 1.54) is 12.8 Å². The first-order chi connectivity index (χ1) is 8.31. The molecule has 2 aromatic rings. The molecule has 0 radical (unpaired) electrons. The van der Waals surface area contributed by atoms with Crippen LogP contribution in [0.3, 0.4) is 0 Å². The summed E-state index contributed by atoms with van der Waals surface area (Å²) in [5, 5.41) is 0. The van der Waals surface area contributed by atoms with E-state index in [2.05, 4.69) is 17.1 Å². The highest BCUT2D eigenvalue weighted by molar-refractivity contribution is 7.71. The van der Waals surface area contributed by atoms with Crippen molar-refractivity contribution in [3.8, 4) is 17.0 Å². The highest BCUT2D eigenvalue weighted by Crippen LogP contribution is 2.29. The molecule has 1 fully saturated rings. The van der Waals surface area contributed by atoms with Crippen LogP contribution < -0.4 is 4.74 Å². The molecule has 0 amide bonds. The SMILES string of the molecule is S=c1cccc(-c2cccc(OC3CC3)c2)[nH]1. The average Bonchev–Trinajstić information content (AvgIpc) is 3.13. The highest BCUT2D eigenvalue weighted by atomic mass is 32.1. The van der Waals surface area contributed by atoms with Gasteiger partial charge in [-0.05, 0) is 37.1 Å². The maximum absolute atomic E-state index is 5.78. The van der Waals surface area contributed by atoms with Crippen molar-refractivity contribution in [2.75, 3.05) is 0 Å². The zero-order valence-electron chi connectivity index (χ0n) is 9.35. The fourth-order valence-electron chi connectivity index (χ4n) is 1.73. The van der Waals surface area contributed by atoms with Gasteiger partial charge < -0.3 is 9.72 Å². The molecule has 0 unspecified atom stereocenters. The van der Waals surface area contributed by atoms with Gasteiger partial charge in [-0.1, -0.05) is 30.4 Å². The fraction of sp³-hybridized carbons (Fsp3) is 0.214. The average molecular weight is 243 g/mol. The lowest BCUT2D eigenvalue weighted by molar-refractivity contribution is 0.303. The summed E-state index contributed by atoms with van der Waals surface area (Å²) in [5.74, 6) is 0.938. The Bertz CT molecular complexity index is 587. The number of aromatic nitrogens is 1. The lowest BCUT2D eigenvalue weighted by Gasteiger charge is -2.07. The van der Waals surface area contributed by atoms with Gasteiger partial charge in [0, 0.05) is 11.3 Å². The largest absolute Gasteiger partial charge is 0.490 e. The van der Waals surface area contributed by atoms with Crippen molar-refractivity contribution >= 4 is 12.2 Å². The lowest BCUT2D eigenvalue weighted by Crippen LogP contribution is -1.95. The van der Waals surface area contributed by atoms with E-state index in [0.29, 0.717) is 6.10 Å². The third-order valence-corrected chi connectivity index (χ3v) is 2.98. The quantitative estimate of drug-likeness (QED) is 0.826. The molecule has 1 aromatic heterocycles. The van der Waals surface area contributed by atoms with Crippen LogP contribution in [0.4, 0.5) is 0 Å². The van der Waals surface area contributed by atoms with E-state index in [1.54, 1.807) is 0 Å². The first kappa shape index (κ1) is 10.5. The van der Waals surface area contributed by atoms with Gasteiger partial charge in [-0.15, -0.1) is 0 Å². The molecule has 1 aromatic carbocycles. The Kier molecular flexibility index (Phi) is 2.69. The molecule has 1 saturated carbocycles. The minimum atomic E-state index is 0.430. The van der Waals surface area contributed by atoms with Crippen LogP contribution in [0.15, 0.2) is 42.5 Å². The van der Waals surface area contributed by atoms with E-state index in [9.17, 15) is 0 Å². The topological polar surface area (TPSA) is 25.0 Å². The van der Waals surface area contributed by atoms with E-state index < -0.39 is 0 Å². The van der Waals surface area contributed by atoms with Gasteiger partial charge in [-0.2, -0.15) is 0 Å². The Labute approximate surface area is 105 Å². The maximum atomic E-state index is 5.78. The lowest BCUT2D eigenvalue weighted by atomic mass is 10.1. The van der Waals surface area contributed by atoms with Gasteiger partial charge >= 0.3 is 0 Å². The summed E-state index contributed by atoms with van der Waals surface area (Å²) >= 11 is 5.13. The Hall–Kier alpha value is -1.61. The summed E-state index contributed by atoms with van der Waals surface area (Å²) in [7, 11) is 0. The highest BCUT2D eigenvalue weighted by Gasteiger charge is 2.23. The van der Waals surface area contributed by atoms with Gasteiger partial charge in [0.05, 0.1) is 6.10 Å². The van der Waals surface area contributed by atoms with Crippen LogP contribution in [0, 0.1) is 4.64 Å². The molecule has 86 valence electrons. The second-order valence-electron chi connectivity index (χ2n) is 4.27. The van der Waals surface area contributed by atoms with Crippen molar-refractivity contribution in [3.63, 3.8) is 0 Å². The van der Waals surface area contributed by atoms with Gasteiger partial charge in [0.15, 0.2) is 0 Å². The molecule has 0 saturated heterocycles. The molecule has 1 N–H and O–H groups in total. The van der Waals surface area contributed by atoms with Crippen molar-refractivity contribution in [1.82, 2.24) is 4.98 Å². The number of aromatic amines is 1. The van der Waals surface area contributed by atoms with Crippen LogP contribution in [0.5, 0.6) is 5.75 Å². The molecule has 3 rings (SSSR count). The van der Waals surface area contributed by atoms with Gasteiger partial charge in [0.25, 0.3) is 0 Å². The van der Waals surface area contributed by atoms with Crippen molar-refractivity contribution in [2.45, 2.75) is 18.9 Å². The molecule has 17 heavy (non-hydrogen) atoms. The summed E-state index contributed by atoms with van der Waals surface area (Å²) in [6.45, 7) is 0. The van der Waals surface area contributed by atoms with E-state index in [-0.39, 0.29) is 0 Å². The standard InChI is InChI=1S/C14H13NOS/c17-14-6-2-5-13(15-14)10-3-1-4-12(9-10)16-11-7-8-11/h1-6,9,11H,7-8H2,(H,15,17). The monoisotopic (exact) mass is 243 g/mol. The Morgan fingerprint density at radius 1 is 1.12 bits per heavy atom.